The summed E-state index contributed by atoms with van der Waals surface area (Å²) in [5, 5.41) is 6.84. The maximum absolute atomic E-state index is 12.0. The molecule has 24 heavy (non-hydrogen) atoms. The molecule has 6 heteroatoms. The van der Waals surface area contributed by atoms with Crippen molar-refractivity contribution >= 4 is 23.3 Å². The highest BCUT2D eigenvalue weighted by Gasteiger charge is 2.11. The van der Waals surface area contributed by atoms with E-state index in [1.165, 1.54) is 6.08 Å². The molecule has 2 rings (SSSR count). The van der Waals surface area contributed by atoms with Crippen molar-refractivity contribution in [1.29, 1.82) is 0 Å². The van der Waals surface area contributed by atoms with E-state index < -0.39 is 0 Å². The van der Waals surface area contributed by atoms with E-state index in [-0.39, 0.29) is 12.0 Å². The summed E-state index contributed by atoms with van der Waals surface area (Å²) in [5.41, 5.74) is 1.91. The van der Waals surface area contributed by atoms with Crippen molar-refractivity contribution in [2.45, 2.75) is 6.10 Å². The van der Waals surface area contributed by atoms with E-state index in [2.05, 4.69) is 5.32 Å². The van der Waals surface area contributed by atoms with E-state index >= 15 is 0 Å². The van der Waals surface area contributed by atoms with Gasteiger partial charge < -0.3 is 19.5 Å². The zero-order valence-corrected chi connectivity index (χ0v) is 14.8. The lowest BCUT2D eigenvalue weighted by Crippen LogP contribution is -2.27. The molecule has 2 aromatic rings. The summed E-state index contributed by atoms with van der Waals surface area (Å²) < 4.78 is 15.8. The second kappa shape index (κ2) is 9.10. The molecule has 0 aliphatic carbocycles. The van der Waals surface area contributed by atoms with Crippen molar-refractivity contribution in [3.8, 4) is 11.5 Å². The van der Waals surface area contributed by atoms with E-state index in [0.29, 0.717) is 18.0 Å². The van der Waals surface area contributed by atoms with Crippen molar-refractivity contribution in [3.05, 3.63) is 52.2 Å². The summed E-state index contributed by atoms with van der Waals surface area (Å²) in [6.45, 7) is 0.419. The molecule has 0 spiro atoms. The predicted molar refractivity (Wildman–Crippen MR) is 95.7 cm³/mol. The predicted octanol–water partition coefficient (Wildman–Crippen LogP) is 3.28. The van der Waals surface area contributed by atoms with E-state index in [0.717, 1.165) is 11.1 Å². The Morgan fingerprint density at radius 2 is 2.00 bits per heavy atom. The molecule has 0 aliphatic heterocycles. The second-order valence-corrected chi connectivity index (χ2v) is 5.75. The third-order valence-electron chi connectivity index (χ3n) is 3.50. The van der Waals surface area contributed by atoms with Gasteiger partial charge in [0, 0.05) is 19.7 Å². The normalized spacial score (nSPS) is 12.1. The largest absolute Gasteiger partial charge is 0.493 e. The zero-order chi connectivity index (χ0) is 17.4. The molecule has 1 amide bonds. The standard InChI is InChI=1S/C18H21NO4S/c1-21-15-6-4-13(10-16(15)22-2)5-7-18(20)19-11-17(23-3)14-8-9-24-12-14/h4-10,12,17H,11H2,1-3H3,(H,19,20)/b7-5+. The van der Waals surface area contributed by atoms with E-state index in [1.807, 2.05) is 29.0 Å². The number of benzene rings is 1. The zero-order valence-electron chi connectivity index (χ0n) is 13.9. The van der Waals surface area contributed by atoms with Crippen LogP contribution in [0.4, 0.5) is 0 Å². The molecular formula is C18H21NO4S. The van der Waals surface area contributed by atoms with E-state index in [4.69, 9.17) is 14.2 Å². The molecule has 0 bridgehead atoms. The van der Waals surface area contributed by atoms with E-state index in [1.54, 1.807) is 44.8 Å². The average Bonchev–Trinajstić information content (AvgIpc) is 3.14. The van der Waals surface area contributed by atoms with Crippen molar-refractivity contribution in [2.24, 2.45) is 0 Å². The first kappa shape index (κ1) is 18.0. The topological polar surface area (TPSA) is 56.8 Å². The van der Waals surface area contributed by atoms with Crippen molar-refractivity contribution < 1.29 is 19.0 Å². The monoisotopic (exact) mass is 347 g/mol. The smallest absolute Gasteiger partial charge is 0.244 e. The molecule has 0 fully saturated rings. The quantitative estimate of drug-likeness (QED) is 0.745. The van der Waals surface area contributed by atoms with Gasteiger partial charge in [0.25, 0.3) is 0 Å². The summed E-state index contributed by atoms with van der Waals surface area (Å²) in [6.07, 6.45) is 3.07. The average molecular weight is 347 g/mol. The summed E-state index contributed by atoms with van der Waals surface area (Å²) in [7, 11) is 4.79. The first-order chi connectivity index (χ1) is 11.7. The fourth-order valence-electron chi connectivity index (χ4n) is 2.18. The van der Waals surface area contributed by atoms with Crippen LogP contribution < -0.4 is 14.8 Å². The number of rotatable bonds is 8. The number of methoxy groups -OCH3 is 3. The Morgan fingerprint density at radius 1 is 1.21 bits per heavy atom. The fourth-order valence-corrected chi connectivity index (χ4v) is 2.88. The highest BCUT2D eigenvalue weighted by atomic mass is 32.1. The number of carbonyl (C=O) groups is 1. The molecule has 1 unspecified atom stereocenters. The molecule has 128 valence electrons. The Kier molecular flexibility index (Phi) is 6.84. The molecule has 1 aromatic heterocycles. The Morgan fingerprint density at radius 3 is 2.62 bits per heavy atom. The summed E-state index contributed by atoms with van der Waals surface area (Å²) in [4.78, 5) is 12.0. The Balaban J connectivity index is 1.93. The number of hydrogen-bond acceptors (Lipinski definition) is 5. The van der Waals surface area contributed by atoms with Crippen LogP contribution in [0.25, 0.3) is 6.08 Å². The van der Waals surface area contributed by atoms with Crippen LogP contribution in [0.2, 0.25) is 0 Å². The van der Waals surface area contributed by atoms with Gasteiger partial charge in [0.1, 0.15) is 6.10 Å². The maximum atomic E-state index is 12.0. The van der Waals surface area contributed by atoms with Gasteiger partial charge in [-0.15, -0.1) is 0 Å². The van der Waals surface area contributed by atoms with Crippen LogP contribution in [-0.4, -0.2) is 33.8 Å². The van der Waals surface area contributed by atoms with Crippen molar-refractivity contribution in [1.82, 2.24) is 5.32 Å². The van der Waals surface area contributed by atoms with Gasteiger partial charge >= 0.3 is 0 Å². The number of thiophene rings is 1. The first-order valence-corrected chi connectivity index (χ1v) is 8.35. The van der Waals surface area contributed by atoms with Gasteiger partial charge in [-0.05, 0) is 46.2 Å². The van der Waals surface area contributed by atoms with Crippen LogP contribution in [0.15, 0.2) is 41.1 Å². The molecule has 1 atom stereocenters. The maximum Gasteiger partial charge on any atom is 0.244 e. The Hall–Kier alpha value is -2.31. The molecule has 1 N–H and O–H groups in total. The second-order valence-electron chi connectivity index (χ2n) is 4.97. The molecule has 0 saturated heterocycles. The van der Waals surface area contributed by atoms with Gasteiger partial charge in [-0.3, -0.25) is 4.79 Å². The number of hydrogen-bond donors (Lipinski definition) is 1. The number of ether oxygens (including phenoxy) is 3. The SMILES string of the molecule is COc1ccc(/C=C/C(=O)NCC(OC)c2ccsc2)cc1OC. The minimum absolute atomic E-state index is 0.144. The van der Waals surface area contributed by atoms with Crippen molar-refractivity contribution in [3.63, 3.8) is 0 Å². The van der Waals surface area contributed by atoms with Gasteiger partial charge in [0.15, 0.2) is 11.5 Å². The third-order valence-corrected chi connectivity index (χ3v) is 4.20. The summed E-state index contributed by atoms with van der Waals surface area (Å²) >= 11 is 1.60. The minimum atomic E-state index is -0.179. The van der Waals surface area contributed by atoms with Crippen LogP contribution in [0, 0.1) is 0 Å². The van der Waals surface area contributed by atoms with Crippen molar-refractivity contribution in [2.75, 3.05) is 27.9 Å². The Labute approximate surface area is 145 Å². The van der Waals surface area contributed by atoms with Gasteiger partial charge in [-0.1, -0.05) is 6.07 Å². The lowest BCUT2D eigenvalue weighted by Gasteiger charge is -2.14. The minimum Gasteiger partial charge on any atom is -0.493 e. The fraction of sp³-hybridized carbons (Fsp3) is 0.278. The van der Waals surface area contributed by atoms with Crippen LogP contribution >= 0.6 is 11.3 Å². The third kappa shape index (κ3) is 4.84. The number of carbonyl (C=O) groups excluding carboxylic acids is 1. The van der Waals surface area contributed by atoms with Gasteiger partial charge in [-0.25, -0.2) is 0 Å². The summed E-state index contributed by atoms with van der Waals surface area (Å²) in [6, 6.07) is 7.46. The Bertz CT molecular complexity index is 682. The molecule has 1 aromatic carbocycles. The lowest BCUT2D eigenvalue weighted by atomic mass is 10.2. The summed E-state index contributed by atoms with van der Waals surface area (Å²) in [5.74, 6) is 1.09. The number of nitrogens with one attached hydrogen (secondary N) is 1. The van der Waals surface area contributed by atoms with Crippen LogP contribution in [0.3, 0.4) is 0 Å². The molecule has 1 heterocycles. The highest BCUT2D eigenvalue weighted by molar-refractivity contribution is 7.07. The molecule has 0 aliphatic rings. The molecular weight excluding hydrogens is 326 g/mol. The van der Waals surface area contributed by atoms with E-state index in [9.17, 15) is 4.79 Å². The molecule has 0 saturated carbocycles. The van der Waals surface area contributed by atoms with Gasteiger partial charge in [0.2, 0.25) is 5.91 Å². The highest BCUT2D eigenvalue weighted by Crippen LogP contribution is 2.27. The lowest BCUT2D eigenvalue weighted by molar-refractivity contribution is -0.117. The molecule has 5 nitrogen and oxygen atoms in total. The van der Waals surface area contributed by atoms with Crippen LogP contribution in [0.1, 0.15) is 17.2 Å². The number of amides is 1. The van der Waals surface area contributed by atoms with Crippen LogP contribution in [-0.2, 0) is 9.53 Å². The first-order valence-electron chi connectivity index (χ1n) is 7.40. The molecule has 0 radical (unpaired) electrons. The van der Waals surface area contributed by atoms with Crippen LogP contribution in [0.5, 0.6) is 11.5 Å². The van der Waals surface area contributed by atoms with Gasteiger partial charge in [-0.2, -0.15) is 11.3 Å². The van der Waals surface area contributed by atoms with Gasteiger partial charge in [0.05, 0.1) is 14.2 Å².